The van der Waals surface area contributed by atoms with Gasteiger partial charge in [-0.3, -0.25) is 28.8 Å². The minimum atomic E-state index is -1.01. The fourth-order valence-corrected chi connectivity index (χ4v) is 9.54. The first-order valence-electron chi connectivity index (χ1n) is 24.3. The van der Waals surface area contributed by atoms with Crippen LogP contribution in [0, 0.1) is 12.3 Å². The molecule has 0 unspecified atom stereocenters. The van der Waals surface area contributed by atoms with E-state index in [1.165, 1.54) is 11.2 Å². The topological polar surface area (TPSA) is 253 Å². The maximum Gasteiger partial charge on any atom is 0.255 e. The number of nitrogens with one attached hydrogen (secondary N) is 7. The minimum absolute atomic E-state index is 0.0308. The van der Waals surface area contributed by atoms with Crippen LogP contribution in [0.15, 0.2) is 121 Å². The van der Waals surface area contributed by atoms with Crippen LogP contribution < -0.4 is 31.9 Å². The van der Waals surface area contributed by atoms with Crippen molar-refractivity contribution in [2.24, 2.45) is 5.41 Å². The van der Waals surface area contributed by atoms with Gasteiger partial charge in [0.15, 0.2) is 0 Å². The molecule has 1 saturated heterocycles. The Balaban J connectivity index is 0.753. The van der Waals surface area contributed by atoms with E-state index in [1.807, 2.05) is 80.7 Å². The summed E-state index contributed by atoms with van der Waals surface area (Å²) in [5.74, 6) is -2.25. The van der Waals surface area contributed by atoms with E-state index < -0.39 is 59.6 Å². The average molecular weight is 1020 g/mol. The second-order valence-corrected chi connectivity index (χ2v) is 20.2. The second kappa shape index (κ2) is 23.1. The van der Waals surface area contributed by atoms with Gasteiger partial charge in [0.1, 0.15) is 30.6 Å². The molecule has 18 nitrogen and oxygen atoms in total. The average Bonchev–Trinajstić information content (AvgIpc) is 4.13. The number of fused-ring (bicyclic) bond motifs is 1. The Bertz CT molecular complexity index is 3170. The highest BCUT2D eigenvalue weighted by atomic mass is 32.1. The summed E-state index contributed by atoms with van der Waals surface area (Å²) in [7, 11) is 0. The smallest absolute Gasteiger partial charge is 0.255 e. The zero-order valence-corrected chi connectivity index (χ0v) is 42.5. The summed E-state index contributed by atoms with van der Waals surface area (Å²) in [6.07, 6.45) is 2.26. The highest BCUT2D eigenvalue weighted by Gasteiger charge is 2.44. The molecule has 74 heavy (non-hydrogen) atoms. The highest BCUT2D eigenvalue weighted by molar-refractivity contribution is 7.13. The molecule has 6 amide bonds. The van der Waals surface area contributed by atoms with Gasteiger partial charge in [0.25, 0.3) is 5.91 Å². The number of aliphatic hydroxyl groups is 1. The van der Waals surface area contributed by atoms with Gasteiger partial charge in [0.05, 0.1) is 33.9 Å². The van der Waals surface area contributed by atoms with Crippen molar-refractivity contribution in [1.82, 2.24) is 40.8 Å². The predicted molar refractivity (Wildman–Crippen MR) is 285 cm³/mol. The number of rotatable bonds is 18. The maximum absolute atomic E-state index is 14.1. The lowest BCUT2D eigenvalue weighted by atomic mass is 9.85. The van der Waals surface area contributed by atoms with Crippen LogP contribution in [0.5, 0.6) is 0 Å². The number of β-amino-alcohol motifs (C(OH)–C–C–N with tert-alkyl or cyclic N) is 1. The van der Waals surface area contributed by atoms with Crippen LogP contribution in [0.25, 0.3) is 32.6 Å². The summed E-state index contributed by atoms with van der Waals surface area (Å²) in [6.45, 7) is 9.25. The van der Waals surface area contributed by atoms with Crippen molar-refractivity contribution in [3.63, 3.8) is 0 Å². The Morgan fingerprint density at radius 3 is 2.32 bits per heavy atom. The molecule has 3 aromatic heterocycles. The molecule has 0 radical (unpaired) electrons. The van der Waals surface area contributed by atoms with E-state index in [4.69, 9.17) is 0 Å². The van der Waals surface area contributed by atoms with E-state index in [9.17, 15) is 33.9 Å². The molecular formula is C55H59N11O7S. The molecule has 1 aliphatic heterocycles. The number of likely N-dealkylation sites (tertiary alicyclic amines) is 1. The molecule has 0 aliphatic carbocycles. The molecule has 1 fully saturated rings. The standard InChI is InChI=1S/C55H59N11O7S/c1-32(34-15-17-35(18-16-34)50-33(2)60-31-74-50)61-53(72)45-25-40(67)29-66(45)54(73)51(55(3,4)5)65-47(68)14-9-23-56-48(69)27-49(70)63-37-21-19-36(20-22-37)52(71)64-39-11-8-10-38(24-39)62-46-26-44(58-30-59-46)42-28-57-43-13-7-6-12-41(42)43/h6-8,10-13,15-22,24,26,28,30-32,40,45,51,57,67H,9,14,23,25,27,29H2,1-5H3,(H,56,69)(H,61,72)(H,63,70)(H,64,71)(H,65,68)(H,58,59,62)/t32-,40+,45-,51+/m0/s1. The van der Waals surface area contributed by atoms with Crippen LogP contribution in [0.4, 0.5) is 22.9 Å². The zero-order chi connectivity index (χ0) is 52.5. The van der Waals surface area contributed by atoms with Crippen molar-refractivity contribution in [1.29, 1.82) is 0 Å². The van der Waals surface area contributed by atoms with Crippen molar-refractivity contribution < 1.29 is 33.9 Å². The molecule has 0 saturated carbocycles. The molecule has 8 rings (SSSR count). The van der Waals surface area contributed by atoms with E-state index in [1.54, 1.807) is 80.1 Å². The van der Waals surface area contributed by atoms with Gasteiger partial charge < -0.3 is 46.9 Å². The largest absolute Gasteiger partial charge is 0.391 e. The molecule has 0 bridgehead atoms. The molecule has 1 aliphatic rings. The number of anilines is 4. The summed E-state index contributed by atoms with van der Waals surface area (Å²) in [4.78, 5) is 98.4. The molecule has 4 atom stereocenters. The summed E-state index contributed by atoms with van der Waals surface area (Å²) in [5.41, 5.74) is 8.57. The fraction of sp³-hybridized carbons (Fsp3) is 0.291. The van der Waals surface area contributed by atoms with E-state index in [0.29, 0.717) is 28.4 Å². The lowest BCUT2D eigenvalue weighted by Gasteiger charge is -2.35. The first kappa shape index (κ1) is 52.0. The Kier molecular flexibility index (Phi) is 16.2. The zero-order valence-electron chi connectivity index (χ0n) is 41.7. The summed E-state index contributed by atoms with van der Waals surface area (Å²) < 4.78 is 0. The fourth-order valence-electron chi connectivity index (χ4n) is 8.73. The SMILES string of the molecule is Cc1ncsc1-c1ccc([C@H](C)NC(=O)[C@@H]2C[C@@H](O)CN2C(=O)[C@@H](NC(=O)CCCNC(=O)CC(=O)Nc2ccc(C(=O)Nc3cccc(Nc4cc(-c5c[nH]c6ccccc56)ncn4)c3)cc2)C(C)(C)C)cc1. The first-order chi connectivity index (χ1) is 35.5. The van der Waals surface area contributed by atoms with E-state index in [0.717, 1.165) is 43.9 Å². The number of aromatic nitrogens is 4. The van der Waals surface area contributed by atoms with Crippen LogP contribution in [-0.2, 0) is 24.0 Å². The van der Waals surface area contributed by atoms with Gasteiger partial charge in [0, 0.05) is 77.3 Å². The van der Waals surface area contributed by atoms with Crippen LogP contribution in [0.2, 0.25) is 0 Å². The third-order valence-corrected chi connectivity index (χ3v) is 13.6. The number of aliphatic hydroxyl groups excluding tert-OH is 1. The Hall–Kier alpha value is -8.29. The van der Waals surface area contributed by atoms with Gasteiger partial charge in [-0.05, 0) is 85.3 Å². The number of thiazole rings is 1. The Morgan fingerprint density at radius 2 is 1.58 bits per heavy atom. The maximum atomic E-state index is 14.1. The molecule has 8 N–H and O–H groups in total. The molecular weight excluding hydrogens is 959 g/mol. The first-order valence-corrected chi connectivity index (χ1v) is 25.2. The van der Waals surface area contributed by atoms with Gasteiger partial charge in [-0.25, -0.2) is 15.0 Å². The number of aromatic amines is 1. The normalized spacial score (nSPS) is 15.2. The number of benzene rings is 4. The van der Waals surface area contributed by atoms with E-state index in [2.05, 4.69) is 51.8 Å². The van der Waals surface area contributed by atoms with Crippen molar-refractivity contribution in [2.45, 2.75) is 84.5 Å². The van der Waals surface area contributed by atoms with Crippen LogP contribution in [-0.4, -0.2) is 96.7 Å². The van der Waals surface area contributed by atoms with Crippen LogP contribution >= 0.6 is 11.3 Å². The van der Waals surface area contributed by atoms with Gasteiger partial charge in [-0.2, -0.15) is 0 Å². The monoisotopic (exact) mass is 1020 g/mol. The van der Waals surface area contributed by atoms with Crippen LogP contribution in [0.1, 0.15) is 81.0 Å². The third-order valence-electron chi connectivity index (χ3n) is 12.6. The third kappa shape index (κ3) is 13.0. The number of hydrogen-bond donors (Lipinski definition) is 8. The van der Waals surface area contributed by atoms with Gasteiger partial charge in [0.2, 0.25) is 29.5 Å². The van der Waals surface area contributed by atoms with E-state index in [-0.39, 0.29) is 44.3 Å². The molecule has 4 heterocycles. The van der Waals surface area contributed by atoms with Gasteiger partial charge >= 0.3 is 0 Å². The number of aryl methyl sites for hydroxylation is 1. The summed E-state index contributed by atoms with van der Waals surface area (Å²) in [5, 5.41) is 29.0. The summed E-state index contributed by atoms with van der Waals surface area (Å²) in [6, 6.07) is 28.8. The quantitative estimate of drug-likeness (QED) is 0.0306. The van der Waals surface area contributed by atoms with Crippen molar-refractivity contribution >= 4 is 80.6 Å². The van der Waals surface area contributed by atoms with Crippen molar-refractivity contribution in [2.75, 3.05) is 29.0 Å². The summed E-state index contributed by atoms with van der Waals surface area (Å²) >= 11 is 1.56. The van der Waals surface area contributed by atoms with Gasteiger partial charge in [-0.15, -0.1) is 11.3 Å². The molecule has 382 valence electrons. The van der Waals surface area contributed by atoms with Crippen molar-refractivity contribution in [3.05, 3.63) is 138 Å². The number of nitrogens with zero attached hydrogens (tertiary/aromatic N) is 4. The Labute approximate surface area is 432 Å². The number of carbonyl (C=O) groups excluding carboxylic acids is 6. The van der Waals surface area contributed by atoms with E-state index >= 15 is 0 Å². The number of amides is 6. The highest BCUT2D eigenvalue weighted by Crippen LogP contribution is 2.31. The predicted octanol–water partition coefficient (Wildman–Crippen LogP) is 7.65. The number of carbonyl (C=O) groups is 6. The van der Waals surface area contributed by atoms with Crippen molar-refractivity contribution in [3.8, 4) is 21.7 Å². The number of hydrogen-bond acceptors (Lipinski definition) is 12. The Morgan fingerprint density at radius 1 is 0.824 bits per heavy atom. The lowest BCUT2D eigenvalue weighted by Crippen LogP contribution is -2.57. The lowest BCUT2D eigenvalue weighted by molar-refractivity contribution is -0.144. The molecule has 0 spiro atoms. The number of H-pyrrole nitrogens is 1. The number of para-hydroxylation sites is 1. The van der Waals surface area contributed by atoms with Gasteiger partial charge in [-0.1, -0.05) is 69.3 Å². The molecule has 4 aromatic carbocycles. The van der Waals surface area contributed by atoms with Crippen LogP contribution in [0.3, 0.4) is 0 Å². The molecule has 7 aromatic rings. The minimum Gasteiger partial charge on any atom is -0.391 e. The molecule has 19 heteroatoms. The second-order valence-electron chi connectivity index (χ2n) is 19.3.